The molecule has 0 amide bonds. The van der Waals surface area contributed by atoms with Gasteiger partial charge < -0.3 is 18.9 Å². The van der Waals surface area contributed by atoms with E-state index in [1.807, 2.05) is 26.0 Å². The van der Waals surface area contributed by atoms with Crippen LogP contribution in [0.3, 0.4) is 0 Å². The van der Waals surface area contributed by atoms with Crippen LogP contribution >= 0.6 is 27.3 Å². The van der Waals surface area contributed by atoms with Gasteiger partial charge in [0.2, 0.25) is 0 Å². The summed E-state index contributed by atoms with van der Waals surface area (Å²) in [6.45, 7) is 4.90. The predicted octanol–water partition coefficient (Wildman–Crippen LogP) is 5.30. The Morgan fingerprint density at radius 2 is 1.72 bits per heavy atom. The number of hydrogen-bond acceptors (Lipinski definition) is 8. The summed E-state index contributed by atoms with van der Waals surface area (Å²) in [4.78, 5) is 31.5. The normalized spacial score (nSPS) is 14.4. The molecule has 0 saturated heterocycles. The summed E-state index contributed by atoms with van der Waals surface area (Å²) in [6.07, 6.45) is 3.22. The molecule has 222 valence electrons. The van der Waals surface area contributed by atoms with Crippen LogP contribution in [-0.4, -0.2) is 30.9 Å². The molecule has 1 aromatic heterocycles. The number of rotatable bonds is 10. The van der Waals surface area contributed by atoms with Gasteiger partial charge in [-0.15, -0.1) is 0 Å². The molecule has 0 bridgehead atoms. The first-order valence-corrected chi connectivity index (χ1v) is 15.1. The van der Waals surface area contributed by atoms with E-state index in [1.54, 1.807) is 42.5 Å². The van der Waals surface area contributed by atoms with Gasteiger partial charge in [-0.3, -0.25) is 9.36 Å². The van der Waals surface area contributed by atoms with Gasteiger partial charge in [-0.25, -0.2) is 14.2 Å². The molecule has 3 aromatic carbocycles. The molecule has 2 heterocycles. The number of methoxy groups -OCH3 is 1. The molecule has 0 unspecified atom stereocenters. The highest BCUT2D eigenvalue weighted by atomic mass is 79.9. The number of nitrogens with zero attached hydrogens (tertiary/aromatic N) is 2. The fourth-order valence-electron chi connectivity index (χ4n) is 4.60. The van der Waals surface area contributed by atoms with Crippen LogP contribution in [0.5, 0.6) is 17.2 Å². The highest BCUT2D eigenvalue weighted by Gasteiger charge is 2.31. The van der Waals surface area contributed by atoms with Gasteiger partial charge in [-0.1, -0.05) is 35.6 Å². The molecule has 0 spiro atoms. The van der Waals surface area contributed by atoms with E-state index in [0.29, 0.717) is 49.8 Å². The van der Waals surface area contributed by atoms with Crippen LogP contribution in [0.1, 0.15) is 36.6 Å². The van der Waals surface area contributed by atoms with Gasteiger partial charge >= 0.3 is 5.97 Å². The van der Waals surface area contributed by atoms with Crippen molar-refractivity contribution in [3.63, 3.8) is 0 Å². The second kappa shape index (κ2) is 13.4. The number of hydrogen-bond donors (Lipinski definition) is 0. The van der Waals surface area contributed by atoms with Crippen molar-refractivity contribution in [2.75, 3.05) is 20.3 Å². The Morgan fingerprint density at radius 1 is 1.00 bits per heavy atom. The number of benzene rings is 3. The largest absolute Gasteiger partial charge is 0.490 e. The van der Waals surface area contributed by atoms with Crippen molar-refractivity contribution in [3.05, 3.63) is 119 Å². The molecular weight excluding hydrogens is 639 g/mol. The second-order valence-corrected chi connectivity index (χ2v) is 11.2. The Balaban J connectivity index is 1.51. The third-order valence-electron chi connectivity index (χ3n) is 6.57. The first-order valence-electron chi connectivity index (χ1n) is 13.5. The van der Waals surface area contributed by atoms with E-state index in [0.717, 1.165) is 11.1 Å². The maximum absolute atomic E-state index is 13.9. The third-order valence-corrected chi connectivity index (χ3v) is 8.19. The van der Waals surface area contributed by atoms with E-state index in [1.165, 1.54) is 41.3 Å². The summed E-state index contributed by atoms with van der Waals surface area (Å²) >= 11 is 4.76. The summed E-state index contributed by atoms with van der Waals surface area (Å²) in [5, 5.41) is 0. The smallest absolute Gasteiger partial charge is 0.337 e. The van der Waals surface area contributed by atoms with E-state index < -0.39 is 12.0 Å². The van der Waals surface area contributed by atoms with Gasteiger partial charge in [0.15, 0.2) is 16.3 Å². The topological polar surface area (TPSA) is 88.4 Å². The minimum absolute atomic E-state index is 0.221. The SMILES string of the molecule is CCOc1ccc([C@H]2C(C(=O)OC)=CN=c3s/c(=C\c4ccc(OCc5ccc(F)cc5)c(Br)c4)c(=O)n32)cc1OCC. The molecule has 8 nitrogen and oxygen atoms in total. The zero-order valence-electron chi connectivity index (χ0n) is 23.6. The molecule has 0 N–H and O–H groups in total. The van der Waals surface area contributed by atoms with E-state index >= 15 is 0 Å². The Morgan fingerprint density at radius 3 is 2.42 bits per heavy atom. The third kappa shape index (κ3) is 6.57. The van der Waals surface area contributed by atoms with Crippen LogP contribution in [0, 0.1) is 5.82 Å². The van der Waals surface area contributed by atoms with Crippen molar-refractivity contribution in [2.24, 2.45) is 4.99 Å². The first-order chi connectivity index (χ1) is 20.8. The fraction of sp³-hybridized carbons (Fsp3) is 0.219. The van der Waals surface area contributed by atoms with Gasteiger partial charge in [0.25, 0.3) is 5.56 Å². The van der Waals surface area contributed by atoms with E-state index in [4.69, 9.17) is 18.9 Å². The molecule has 1 atom stereocenters. The summed E-state index contributed by atoms with van der Waals surface area (Å²) < 4.78 is 38.3. The number of halogens is 2. The number of esters is 1. The van der Waals surface area contributed by atoms with Crippen LogP contribution < -0.4 is 29.1 Å². The monoisotopic (exact) mass is 666 g/mol. The molecule has 5 rings (SSSR count). The lowest BCUT2D eigenvalue weighted by Crippen LogP contribution is -2.39. The number of fused-ring (bicyclic) bond motifs is 1. The van der Waals surface area contributed by atoms with Crippen molar-refractivity contribution in [1.29, 1.82) is 0 Å². The standard InChI is InChI=1S/C32H28BrFN2O6S/c1-4-40-26-13-9-21(16-27(26)41-5-2)29-23(31(38)39-3)17-35-32-36(29)30(37)28(43-32)15-20-8-12-25(24(33)14-20)42-18-19-6-10-22(34)11-7-19/h6-17,29H,4-5,18H2,1-3H3/b28-15-/t29-/m0/s1. The summed E-state index contributed by atoms with van der Waals surface area (Å²) in [5.74, 6) is 0.792. The average Bonchev–Trinajstić information content (AvgIpc) is 3.32. The Hall–Kier alpha value is -4.22. The lowest BCUT2D eigenvalue weighted by molar-refractivity contribution is -0.136. The zero-order chi connectivity index (χ0) is 30.5. The van der Waals surface area contributed by atoms with Crippen molar-refractivity contribution in [1.82, 2.24) is 4.57 Å². The van der Waals surface area contributed by atoms with E-state index in [2.05, 4.69) is 20.9 Å². The minimum atomic E-state index is -0.783. The number of carbonyl (C=O) groups excluding carboxylic acids is 1. The van der Waals surface area contributed by atoms with Crippen LogP contribution in [0.25, 0.3) is 6.08 Å². The number of ether oxygens (including phenoxy) is 4. The Kier molecular flexibility index (Phi) is 9.42. The number of thiazole rings is 1. The minimum Gasteiger partial charge on any atom is -0.490 e. The molecule has 0 aliphatic carbocycles. The molecule has 1 aliphatic rings. The second-order valence-electron chi connectivity index (χ2n) is 9.35. The highest BCUT2D eigenvalue weighted by molar-refractivity contribution is 9.10. The molecule has 4 aromatic rings. The van der Waals surface area contributed by atoms with Gasteiger partial charge in [0.05, 0.1) is 40.9 Å². The zero-order valence-corrected chi connectivity index (χ0v) is 26.0. The van der Waals surface area contributed by atoms with Crippen molar-refractivity contribution >= 4 is 39.3 Å². The highest BCUT2D eigenvalue weighted by Crippen LogP contribution is 2.35. The van der Waals surface area contributed by atoms with Crippen LogP contribution in [0.2, 0.25) is 0 Å². The van der Waals surface area contributed by atoms with Gasteiger partial charge in [0.1, 0.15) is 18.2 Å². The van der Waals surface area contributed by atoms with Crippen LogP contribution in [0.4, 0.5) is 4.39 Å². The van der Waals surface area contributed by atoms with Crippen molar-refractivity contribution in [2.45, 2.75) is 26.5 Å². The van der Waals surface area contributed by atoms with Crippen LogP contribution in [0.15, 0.2) is 86.7 Å². The summed E-state index contributed by atoms with van der Waals surface area (Å²) in [6, 6.07) is 16.2. The fourth-order valence-corrected chi connectivity index (χ4v) is 6.08. The maximum Gasteiger partial charge on any atom is 0.337 e. The van der Waals surface area contributed by atoms with E-state index in [-0.39, 0.29) is 23.6 Å². The Bertz CT molecular complexity index is 1870. The van der Waals surface area contributed by atoms with Gasteiger partial charge in [-0.05, 0) is 88.9 Å². The summed E-state index contributed by atoms with van der Waals surface area (Å²) in [7, 11) is 1.29. The van der Waals surface area contributed by atoms with Gasteiger partial charge in [0, 0.05) is 6.20 Å². The molecule has 0 radical (unpaired) electrons. The molecular formula is C32H28BrFN2O6S. The number of carbonyl (C=O) groups is 1. The van der Waals surface area contributed by atoms with Crippen molar-refractivity contribution in [3.8, 4) is 17.2 Å². The lowest BCUT2D eigenvalue weighted by atomic mass is 9.97. The molecule has 43 heavy (non-hydrogen) atoms. The van der Waals surface area contributed by atoms with Crippen LogP contribution in [-0.2, 0) is 16.1 Å². The molecule has 11 heteroatoms. The molecule has 0 fully saturated rings. The molecule has 1 aliphatic heterocycles. The average molecular weight is 668 g/mol. The number of aromatic nitrogens is 1. The first kappa shape index (κ1) is 30.2. The quantitative estimate of drug-likeness (QED) is 0.214. The molecule has 0 saturated carbocycles. The lowest BCUT2D eigenvalue weighted by Gasteiger charge is -2.23. The maximum atomic E-state index is 13.9. The summed E-state index contributed by atoms with van der Waals surface area (Å²) in [5.41, 5.74) is 2.16. The van der Waals surface area contributed by atoms with E-state index in [9.17, 15) is 14.0 Å². The Labute approximate surface area is 259 Å². The van der Waals surface area contributed by atoms with Crippen molar-refractivity contribution < 1.29 is 28.1 Å². The van der Waals surface area contributed by atoms with Gasteiger partial charge in [-0.2, -0.15) is 0 Å². The predicted molar refractivity (Wildman–Crippen MR) is 165 cm³/mol.